The number of ether oxygens (including phenoxy) is 1. The van der Waals surface area contributed by atoms with Gasteiger partial charge in [-0.2, -0.15) is 0 Å². The zero-order valence-electron chi connectivity index (χ0n) is 16.3. The fourth-order valence-electron chi connectivity index (χ4n) is 5.45. The highest BCUT2D eigenvalue weighted by molar-refractivity contribution is 5.41. The van der Waals surface area contributed by atoms with Crippen LogP contribution in [0.25, 0.3) is 0 Å². The Morgan fingerprint density at radius 3 is 2.81 bits per heavy atom. The van der Waals surface area contributed by atoms with Gasteiger partial charge in [-0.15, -0.1) is 0 Å². The Morgan fingerprint density at radius 1 is 1.08 bits per heavy atom. The zero-order chi connectivity index (χ0) is 17.8. The van der Waals surface area contributed by atoms with Gasteiger partial charge in [0.05, 0.1) is 12.3 Å². The standard InChI is InChI=1S/C21H34N4O/c1-26-14-19-12-20(23-17-22-19)25-11-9-21(16-25)8-5-10-24(15-21)13-18-6-3-2-4-7-18/h12,17-18H,2-11,13-16H2,1H3/t21-/m1/s1. The first kappa shape index (κ1) is 18.2. The summed E-state index contributed by atoms with van der Waals surface area (Å²) in [7, 11) is 1.72. The monoisotopic (exact) mass is 358 g/mol. The van der Waals surface area contributed by atoms with E-state index in [0.29, 0.717) is 12.0 Å². The molecular weight excluding hydrogens is 324 g/mol. The third kappa shape index (κ3) is 4.20. The number of nitrogens with zero attached hydrogens (tertiary/aromatic N) is 4. The van der Waals surface area contributed by atoms with Crippen molar-refractivity contribution in [2.24, 2.45) is 11.3 Å². The predicted molar refractivity (Wildman–Crippen MR) is 104 cm³/mol. The SMILES string of the molecule is COCc1cc(N2CC[C@@]3(CCCN(CC4CCCCC4)C3)C2)ncn1. The Labute approximate surface area is 158 Å². The van der Waals surface area contributed by atoms with Crippen molar-refractivity contribution in [1.29, 1.82) is 0 Å². The number of anilines is 1. The molecule has 0 bridgehead atoms. The molecule has 3 heterocycles. The Morgan fingerprint density at radius 2 is 1.96 bits per heavy atom. The van der Waals surface area contributed by atoms with Crippen LogP contribution in [0.15, 0.2) is 12.4 Å². The minimum absolute atomic E-state index is 0.472. The molecule has 1 aromatic heterocycles. The van der Waals surface area contributed by atoms with E-state index in [1.165, 1.54) is 71.0 Å². The van der Waals surface area contributed by atoms with Gasteiger partial charge in [-0.05, 0) is 44.6 Å². The topological polar surface area (TPSA) is 41.5 Å². The Balaban J connectivity index is 1.37. The highest BCUT2D eigenvalue weighted by atomic mass is 16.5. The summed E-state index contributed by atoms with van der Waals surface area (Å²) in [4.78, 5) is 14.1. The lowest BCUT2D eigenvalue weighted by Gasteiger charge is -2.42. The minimum Gasteiger partial charge on any atom is -0.378 e. The summed E-state index contributed by atoms with van der Waals surface area (Å²) in [5, 5.41) is 0. The third-order valence-electron chi connectivity index (χ3n) is 6.75. The molecule has 3 fully saturated rings. The summed E-state index contributed by atoms with van der Waals surface area (Å²) in [5.41, 5.74) is 1.44. The van der Waals surface area contributed by atoms with Gasteiger partial charge < -0.3 is 14.5 Å². The van der Waals surface area contributed by atoms with E-state index in [-0.39, 0.29) is 0 Å². The van der Waals surface area contributed by atoms with Crippen LogP contribution in [0, 0.1) is 11.3 Å². The van der Waals surface area contributed by atoms with E-state index in [4.69, 9.17) is 4.74 Å². The van der Waals surface area contributed by atoms with E-state index in [1.54, 1.807) is 13.4 Å². The molecule has 2 saturated heterocycles. The molecule has 26 heavy (non-hydrogen) atoms. The van der Waals surface area contributed by atoms with Gasteiger partial charge in [0.15, 0.2) is 0 Å². The van der Waals surface area contributed by atoms with Gasteiger partial charge in [0.2, 0.25) is 0 Å². The van der Waals surface area contributed by atoms with Crippen molar-refractivity contribution in [2.45, 2.75) is 58.0 Å². The molecule has 5 heteroatoms. The molecule has 0 aromatic carbocycles. The third-order valence-corrected chi connectivity index (χ3v) is 6.75. The van der Waals surface area contributed by atoms with E-state index in [0.717, 1.165) is 30.5 Å². The lowest BCUT2D eigenvalue weighted by atomic mass is 9.78. The predicted octanol–water partition coefficient (Wildman–Crippen LogP) is 3.50. The van der Waals surface area contributed by atoms with E-state index >= 15 is 0 Å². The van der Waals surface area contributed by atoms with Gasteiger partial charge in [0.25, 0.3) is 0 Å². The number of methoxy groups -OCH3 is 1. The van der Waals surface area contributed by atoms with Crippen molar-refractivity contribution >= 4 is 5.82 Å². The maximum absolute atomic E-state index is 5.23. The number of piperidine rings is 1. The molecule has 1 spiro atoms. The first-order valence-electron chi connectivity index (χ1n) is 10.5. The number of likely N-dealkylation sites (tertiary alicyclic amines) is 1. The van der Waals surface area contributed by atoms with E-state index in [2.05, 4.69) is 25.8 Å². The summed E-state index contributed by atoms with van der Waals surface area (Å²) in [6.45, 7) is 6.77. The molecule has 5 nitrogen and oxygen atoms in total. The molecule has 1 saturated carbocycles. The molecule has 2 aliphatic heterocycles. The van der Waals surface area contributed by atoms with Crippen LogP contribution in [0.2, 0.25) is 0 Å². The molecule has 1 aromatic rings. The molecule has 0 unspecified atom stereocenters. The molecule has 0 amide bonds. The molecule has 1 aliphatic carbocycles. The average Bonchev–Trinajstić information content (AvgIpc) is 3.06. The average molecular weight is 359 g/mol. The molecular formula is C21H34N4O. The first-order chi connectivity index (χ1) is 12.8. The molecule has 4 rings (SSSR count). The fourth-order valence-corrected chi connectivity index (χ4v) is 5.45. The largest absolute Gasteiger partial charge is 0.378 e. The summed E-state index contributed by atoms with van der Waals surface area (Å²) in [5.74, 6) is 2.03. The zero-order valence-corrected chi connectivity index (χ0v) is 16.3. The Bertz CT molecular complexity index is 589. The maximum Gasteiger partial charge on any atom is 0.132 e. The van der Waals surface area contributed by atoms with Crippen molar-refractivity contribution in [3.8, 4) is 0 Å². The number of hydrogen-bond donors (Lipinski definition) is 0. The normalized spacial score (nSPS) is 28.1. The molecule has 144 valence electrons. The van der Waals surface area contributed by atoms with Crippen LogP contribution < -0.4 is 4.90 Å². The summed E-state index contributed by atoms with van der Waals surface area (Å²) >= 11 is 0. The van der Waals surface area contributed by atoms with Crippen LogP contribution in [0.3, 0.4) is 0 Å². The number of aromatic nitrogens is 2. The van der Waals surface area contributed by atoms with Gasteiger partial charge in [0.1, 0.15) is 12.1 Å². The summed E-state index contributed by atoms with van der Waals surface area (Å²) in [6.07, 6.45) is 13.0. The second-order valence-corrected chi connectivity index (χ2v) is 8.81. The van der Waals surface area contributed by atoms with E-state index < -0.39 is 0 Å². The second kappa shape index (κ2) is 8.22. The van der Waals surface area contributed by atoms with Gasteiger partial charge >= 0.3 is 0 Å². The van der Waals surface area contributed by atoms with Crippen LogP contribution in [0.1, 0.15) is 57.1 Å². The van der Waals surface area contributed by atoms with Crippen molar-refractivity contribution < 1.29 is 4.74 Å². The lowest BCUT2D eigenvalue weighted by Crippen LogP contribution is -2.46. The van der Waals surface area contributed by atoms with Crippen LogP contribution in [-0.2, 0) is 11.3 Å². The minimum atomic E-state index is 0.472. The second-order valence-electron chi connectivity index (χ2n) is 8.81. The fraction of sp³-hybridized carbons (Fsp3) is 0.810. The smallest absolute Gasteiger partial charge is 0.132 e. The van der Waals surface area contributed by atoms with Crippen LogP contribution >= 0.6 is 0 Å². The van der Waals surface area contributed by atoms with Crippen molar-refractivity contribution in [3.05, 3.63) is 18.1 Å². The number of rotatable bonds is 5. The van der Waals surface area contributed by atoms with Gasteiger partial charge in [0, 0.05) is 44.8 Å². The highest BCUT2D eigenvalue weighted by Crippen LogP contribution is 2.41. The summed E-state index contributed by atoms with van der Waals surface area (Å²) < 4.78 is 5.23. The van der Waals surface area contributed by atoms with Gasteiger partial charge in [-0.3, -0.25) is 0 Å². The molecule has 0 radical (unpaired) electrons. The summed E-state index contributed by atoms with van der Waals surface area (Å²) in [6, 6.07) is 2.10. The van der Waals surface area contributed by atoms with Crippen LogP contribution in [0.4, 0.5) is 5.82 Å². The van der Waals surface area contributed by atoms with Gasteiger partial charge in [-0.25, -0.2) is 9.97 Å². The van der Waals surface area contributed by atoms with Crippen LogP contribution in [-0.4, -0.2) is 54.7 Å². The Kier molecular flexibility index (Phi) is 5.75. The van der Waals surface area contributed by atoms with Crippen molar-refractivity contribution in [3.63, 3.8) is 0 Å². The number of hydrogen-bond acceptors (Lipinski definition) is 5. The van der Waals surface area contributed by atoms with Gasteiger partial charge in [-0.1, -0.05) is 19.3 Å². The molecule has 1 atom stereocenters. The van der Waals surface area contributed by atoms with E-state index in [1.807, 2.05) is 0 Å². The van der Waals surface area contributed by atoms with Crippen molar-refractivity contribution in [1.82, 2.24) is 14.9 Å². The van der Waals surface area contributed by atoms with Crippen LogP contribution in [0.5, 0.6) is 0 Å². The van der Waals surface area contributed by atoms with Crippen molar-refractivity contribution in [2.75, 3.05) is 44.7 Å². The molecule has 0 N–H and O–H groups in total. The lowest BCUT2D eigenvalue weighted by molar-refractivity contribution is 0.0838. The maximum atomic E-state index is 5.23. The first-order valence-corrected chi connectivity index (χ1v) is 10.5. The molecule has 3 aliphatic rings. The Hall–Kier alpha value is -1.20. The van der Waals surface area contributed by atoms with E-state index in [9.17, 15) is 0 Å². The quantitative estimate of drug-likeness (QED) is 0.806. The highest BCUT2D eigenvalue weighted by Gasteiger charge is 2.42.